The van der Waals surface area contributed by atoms with Crippen molar-refractivity contribution in [1.82, 2.24) is 10.2 Å². The maximum Gasteiger partial charge on any atom is 0.125 e. The van der Waals surface area contributed by atoms with E-state index in [9.17, 15) is 0 Å². The van der Waals surface area contributed by atoms with Gasteiger partial charge in [-0.2, -0.15) is 0 Å². The summed E-state index contributed by atoms with van der Waals surface area (Å²) < 4.78 is 5.67. The van der Waals surface area contributed by atoms with Gasteiger partial charge in [-0.1, -0.05) is 30.3 Å². The number of hydrogen-bond acceptors (Lipinski definition) is 3. The Hall–Kier alpha value is -1.58. The smallest absolute Gasteiger partial charge is 0.125 e. The van der Waals surface area contributed by atoms with Crippen molar-refractivity contribution in [3.8, 4) is 0 Å². The molecular formula is C18H22N2O. The number of benzene rings is 1. The SMILES string of the molecule is c1ccc(C(NC2CCN(C3CC3)C2)c2ccco2)cc1. The van der Waals surface area contributed by atoms with Crippen molar-refractivity contribution < 1.29 is 4.42 Å². The van der Waals surface area contributed by atoms with Gasteiger partial charge in [0.25, 0.3) is 0 Å². The van der Waals surface area contributed by atoms with E-state index in [0.29, 0.717) is 6.04 Å². The van der Waals surface area contributed by atoms with E-state index in [4.69, 9.17) is 4.42 Å². The first-order valence-corrected chi connectivity index (χ1v) is 7.98. The van der Waals surface area contributed by atoms with Crippen molar-refractivity contribution in [2.75, 3.05) is 13.1 Å². The van der Waals surface area contributed by atoms with Crippen LogP contribution >= 0.6 is 0 Å². The van der Waals surface area contributed by atoms with Crippen LogP contribution < -0.4 is 5.32 Å². The predicted molar refractivity (Wildman–Crippen MR) is 83.1 cm³/mol. The van der Waals surface area contributed by atoms with Crippen LogP contribution in [0.15, 0.2) is 53.1 Å². The van der Waals surface area contributed by atoms with Crippen LogP contribution in [0.25, 0.3) is 0 Å². The molecule has 3 nitrogen and oxygen atoms in total. The van der Waals surface area contributed by atoms with E-state index in [2.05, 4.69) is 46.6 Å². The van der Waals surface area contributed by atoms with Crippen molar-refractivity contribution in [2.45, 2.75) is 37.4 Å². The lowest BCUT2D eigenvalue weighted by Gasteiger charge is -2.22. The van der Waals surface area contributed by atoms with E-state index in [1.807, 2.05) is 6.07 Å². The summed E-state index contributed by atoms with van der Waals surface area (Å²) in [6.45, 7) is 2.41. The maximum atomic E-state index is 5.67. The van der Waals surface area contributed by atoms with E-state index in [0.717, 1.165) is 11.8 Å². The Morgan fingerprint density at radius 2 is 1.90 bits per heavy atom. The molecule has 0 spiro atoms. The molecule has 2 aromatic rings. The molecule has 21 heavy (non-hydrogen) atoms. The highest BCUT2D eigenvalue weighted by atomic mass is 16.3. The number of nitrogens with zero attached hydrogens (tertiary/aromatic N) is 1. The average molecular weight is 282 g/mol. The summed E-state index contributed by atoms with van der Waals surface area (Å²) in [5.74, 6) is 1.01. The monoisotopic (exact) mass is 282 g/mol. The first kappa shape index (κ1) is 13.1. The Balaban J connectivity index is 1.50. The Morgan fingerprint density at radius 1 is 1.05 bits per heavy atom. The Bertz CT molecular complexity index is 562. The molecule has 2 fully saturated rings. The lowest BCUT2D eigenvalue weighted by Crippen LogP contribution is -2.36. The van der Waals surface area contributed by atoms with Gasteiger partial charge in [0.1, 0.15) is 5.76 Å². The van der Waals surface area contributed by atoms with Crippen LogP contribution in [0.1, 0.15) is 36.6 Å². The maximum absolute atomic E-state index is 5.67. The summed E-state index contributed by atoms with van der Waals surface area (Å²) in [6, 6.07) is 16.2. The quantitative estimate of drug-likeness (QED) is 0.913. The lowest BCUT2D eigenvalue weighted by atomic mass is 10.0. The topological polar surface area (TPSA) is 28.4 Å². The normalized spacial score (nSPS) is 24.3. The largest absolute Gasteiger partial charge is 0.467 e. The zero-order valence-corrected chi connectivity index (χ0v) is 12.2. The number of hydrogen-bond donors (Lipinski definition) is 1. The highest BCUT2D eigenvalue weighted by molar-refractivity contribution is 5.26. The zero-order chi connectivity index (χ0) is 14.1. The standard InChI is InChI=1S/C18H22N2O/c1-2-5-14(6-3-1)18(17-7-4-12-21-17)19-15-10-11-20(13-15)16-8-9-16/h1-7,12,15-16,18-19H,8-11,13H2. The molecule has 0 amide bonds. The number of rotatable bonds is 5. The molecule has 1 aromatic carbocycles. The number of likely N-dealkylation sites (tertiary alicyclic amines) is 1. The molecule has 3 heteroatoms. The van der Waals surface area contributed by atoms with Crippen LogP contribution in [0.2, 0.25) is 0 Å². The Kier molecular flexibility index (Phi) is 3.53. The van der Waals surface area contributed by atoms with Crippen LogP contribution in [-0.2, 0) is 0 Å². The molecule has 1 saturated heterocycles. The zero-order valence-electron chi connectivity index (χ0n) is 12.2. The molecule has 1 aliphatic carbocycles. The van der Waals surface area contributed by atoms with E-state index in [1.54, 1.807) is 6.26 Å². The van der Waals surface area contributed by atoms with Gasteiger partial charge in [-0.3, -0.25) is 10.2 Å². The van der Waals surface area contributed by atoms with Crippen molar-refractivity contribution in [2.24, 2.45) is 0 Å². The fraction of sp³-hybridized carbons (Fsp3) is 0.444. The van der Waals surface area contributed by atoms with E-state index >= 15 is 0 Å². The van der Waals surface area contributed by atoms with Crippen LogP contribution in [0, 0.1) is 0 Å². The second-order valence-corrected chi connectivity index (χ2v) is 6.24. The minimum atomic E-state index is 0.158. The average Bonchev–Trinajstić information content (AvgIpc) is 3.04. The first-order chi connectivity index (χ1) is 10.4. The second-order valence-electron chi connectivity index (χ2n) is 6.24. The summed E-state index contributed by atoms with van der Waals surface area (Å²) in [6.07, 6.45) is 5.79. The van der Waals surface area contributed by atoms with Crippen molar-refractivity contribution in [3.05, 3.63) is 60.1 Å². The molecule has 0 radical (unpaired) electrons. The van der Waals surface area contributed by atoms with Gasteiger partial charge in [-0.05, 0) is 37.0 Å². The Morgan fingerprint density at radius 3 is 2.62 bits per heavy atom. The summed E-state index contributed by atoms with van der Waals surface area (Å²) in [5.41, 5.74) is 1.28. The second kappa shape index (κ2) is 5.66. The molecule has 4 rings (SSSR count). The molecule has 110 valence electrons. The van der Waals surface area contributed by atoms with Gasteiger partial charge in [-0.25, -0.2) is 0 Å². The van der Waals surface area contributed by atoms with Gasteiger partial charge < -0.3 is 4.42 Å². The van der Waals surface area contributed by atoms with Gasteiger partial charge in [0.15, 0.2) is 0 Å². The molecule has 2 unspecified atom stereocenters. The molecule has 2 heterocycles. The summed E-state index contributed by atoms with van der Waals surface area (Å²) in [4.78, 5) is 2.64. The highest BCUT2D eigenvalue weighted by Gasteiger charge is 2.35. The van der Waals surface area contributed by atoms with E-state index in [1.165, 1.54) is 37.9 Å². The fourth-order valence-corrected chi connectivity index (χ4v) is 3.37. The van der Waals surface area contributed by atoms with Gasteiger partial charge in [-0.15, -0.1) is 0 Å². The summed E-state index contributed by atoms with van der Waals surface area (Å²) in [7, 11) is 0. The molecule has 1 N–H and O–H groups in total. The van der Waals surface area contributed by atoms with Crippen molar-refractivity contribution >= 4 is 0 Å². The number of nitrogens with one attached hydrogen (secondary N) is 1. The Labute approximate surface area is 126 Å². The highest BCUT2D eigenvalue weighted by Crippen LogP contribution is 2.31. The molecule has 2 aliphatic rings. The first-order valence-electron chi connectivity index (χ1n) is 7.98. The molecule has 0 bridgehead atoms. The fourth-order valence-electron chi connectivity index (χ4n) is 3.37. The summed E-state index contributed by atoms with van der Waals surface area (Å²) >= 11 is 0. The molecule has 1 aliphatic heterocycles. The van der Waals surface area contributed by atoms with Gasteiger partial charge in [0.05, 0.1) is 12.3 Å². The van der Waals surface area contributed by atoms with Crippen molar-refractivity contribution in [3.63, 3.8) is 0 Å². The van der Waals surface area contributed by atoms with Gasteiger partial charge in [0.2, 0.25) is 0 Å². The molecule has 2 atom stereocenters. The third-order valence-corrected chi connectivity index (χ3v) is 4.65. The van der Waals surface area contributed by atoms with Crippen LogP contribution in [-0.4, -0.2) is 30.1 Å². The van der Waals surface area contributed by atoms with Crippen LogP contribution in [0.3, 0.4) is 0 Å². The third-order valence-electron chi connectivity index (χ3n) is 4.65. The lowest BCUT2D eigenvalue weighted by molar-refractivity contribution is 0.311. The van der Waals surface area contributed by atoms with Crippen molar-refractivity contribution in [1.29, 1.82) is 0 Å². The number of furan rings is 1. The molecule has 1 saturated carbocycles. The van der Waals surface area contributed by atoms with Gasteiger partial charge >= 0.3 is 0 Å². The molecular weight excluding hydrogens is 260 g/mol. The minimum Gasteiger partial charge on any atom is -0.467 e. The third kappa shape index (κ3) is 2.89. The molecule has 1 aromatic heterocycles. The minimum absolute atomic E-state index is 0.158. The predicted octanol–water partition coefficient (Wildman–Crippen LogP) is 3.20. The van der Waals surface area contributed by atoms with Crippen LogP contribution in [0.5, 0.6) is 0 Å². The van der Waals surface area contributed by atoms with Gasteiger partial charge in [0, 0.05) is 25.2 Å². The van der Waals surface area contributed by atoms with E-state index < -0.39 is 0 Å². The van der Waals surface area contributed by atoms with Crippen LogP contribution in [0.4, 0.5) is 0 Å². The summed E-state index contributed by atoms with van der Waals surface area (Å²) in [5, 5.41) is 3.81. The van der Waals surface area contributed by atoms with E-state index in [-0.39, 0.29) is 6.04 Å².